The number of hydrogen-bond donors (Lipinski definition) is 0. The second-order valence-electron chi connectivity index (χ2n) is 7.75. The molecule has 0 aliphatic heterocycles. The summed E-state index contributed by atoms with van der Waals surface area (Å²) in [5.74, 6) is -0.685. The highest BCUT2D eigenvalue weighted by molar-refractivity contribution is 5.94. The molecule has 5 heteroatoms. The Morgan fingerprint density at radius 3 is 2.41 bits per heavy atom. The van der Waals surface area contributed by atoms with Crippen LogP contribution in [0.5, 0.6) is 0 Å². The number of carbonyl (C=O) groups excluding carboxylic acids is 2. The lowest BCUT2D eigenvalue weighted by Crippen LogP contribution is -2.25. The maximum atomic E-state index is 12.6. The molecule has 0 radical (unpaired) electrons. The highest BCUT2D eigenvalue weighted by atomic mass is 16.6. The standard InChI is InChI=1S/C24H29NO4/c1-5-20-21(23(27)29-24(2,3)4)18(15-16-25-20)12-10-7-11-17-28-22(26)19-13-8-6-9-14-19/h5-6,8-9,13-16H,1,7,10-12,17H2,2-4H3. The first-order valence-electron chi connectivity index (χ1n) is 9.87. The summed E-state index contributed by atoms with van der Waals surface area (Å²) >= 11 is 0. The van der Waals surface area contributed by atoms with Gasteiger partial charge in [0.05, 0.1) is 23.4 Å². The number of aromatic nitrogens is 1. The minimum atomic E-state index is -0.578. The van der Waals surface area contributed by atoms with Crippen molar-refractivity contribution in [2.75, 3.05) is 6.61 Å². The van der Waals surface area contributed by atoms with Gasteiger partial charge in [-0.2, -0.15) is 0 Å². The Morgan fingerprint density at radius 2 is 1.76 bits per heavy atom. The minimum Gasteiger partial charge on any atom is -0.462 e. The molecular formula is C24H29NO4. The molecule has 29 heavy (non-hydrogen) atoms. The van der Waals surface area contributed by atoms with Crippen molar-refractivity contribution in [1.82, 2.24) is 4.98 Å². The van der Waals surface area contributed by atoms with E-state index in [1.54, 1.807) is 24.4 Å². The Balaban J connectivity index is 1.86. The van der Waals surface area contributed by atoms with E-state index in [4.69, 9.17) is 9.47 Å². The Kier molecular flexibility index (Phi) is 8.13. The van der Waals surface area contributed by atoms with E-state index in [-0.39, 0.29) is 11.9 Å². The predicted molar refractivity (Wildman–Crippen MR) is 114 cm³/mol. The van der Waals surface area contributed by atoms with Crippen LogP contribution in [0.25, 0.3) is 6.08 Å². The molecule has 0 spiro atoms. The van der Waals surface area contributed by atoms with Gasteiger partial charge in [0.1, 0.15) is 5.60 Å². The minimum absolute atomic E-state index is 0.303. The molecule has 0 fully saturated rings. The molecule has 0 N–H and O–H groups in total. The smallest absolute Gasteiger partial charge is 0.341 e. The zero-order chi connectivity index (χ0) is 21.3. The molecule has 0 unspecified atom stereocenters. The number of nitrogens with zero attached hydrogens (tertiary/aromatic N) is 1. The fourth-order valence-corrected chi connectivity index (χ4v) is 2.86. The molecule has 1 aromatic carbocycles. The molecule has 1 heterocycles. The maximum Gasteiger partial charge on any atom is 0.341 e. The van der Waals surface area contributed by atoms with E-state index in [0.29, 0.717) is 29.8 Å². The molecule has 5 nitrogen and oxygen atoms in total. The van der Waals surface area contributed by atoms with Crippen molar-refractivity contribution >= 4 is 18.0 Å². The van der Waals surface area contributed by atoms with Gasteiger partial charge in [0, 0.05) is 6.20 Å². The van der Waals surface area contributed by atoms with Crippen molar-refractivity contribution < 1.29 is 19.1 Å². The van der Waals surface area contributed by atoms with E-state index < -0.39 is 5.60 Å². The summed E-state index contributed by atoms with van der Waals surface area (Å²) < 4.78 is 10.8. The van der Waals surface area contributed by atoms with Crippen LogP contribution in [-0.4, -0.2) is 29.1 Å². The van der Waals surface area contributed by atoms with Crippen molar-refractivity contribution in [3.63, 3.8) is 0 Å². The molecule has 0 aliphatic carbocycles. The van der Waals surface area contributed by atoms with Crippen LogP contribution in [0.1, 0.15) is 72.0 Å². The molecule has 2 rings (SSSR count). The molecule has 0 aliphatic rings. The number of esters is 2. The van der Waals surface area contributed by atoms with Gasteiger partial charge in [0.25, 0.3) is 0 Å². The molecular weight excluding hydrogens is 366 g/mol. The number of unbranched alkanes of at least 4 members (excludes halogenated alkanes) is 2. The summed E-state index contributed by atoms with van der Waals surface area (Å²) in [4.78, 5) is 28.8. The van der Waals surface area contributed by atoms with Crippen molar-refractivity contribution in [1.29, 1.82) is 0 Å². The van der Waals surface area contributed by atoms with Crippen LogP contribution in [0.4, 0.5) is 0 Å². The Hall–Kier alpha value is -2.95. The van der Waals surface area contributed by atoms with E-state index in [2.05, 4.69) is 11.6 Å². The highest BCUT2D eigenvalue weighted by Crippen LogP contribution is 2.21. The molecule has 154 valence electrons. The molecule has 0 bridgehead atoms. The van der Waals surface area contributed by atoms with Gasteiger partial charge in [0.15, 0.2) is 0 Å². The van der Waals surface area contributed by atoms with Gasteiger partial charge in [-0.25, -0.2) is 9.59 Å². The summed E-state index contributed by atoms with van der Waals surface area (Å²) in [5, 5.41) is 0. The number of pyridine rings is 1. The van der Waals surface area contributed by atoms with Crippen LogP contribution in [0.15, 0.2) is 49.2 Å². The third-order valence-corrected chi connectivity index (χ3v) is 4.20. The Labute approximate surface area is 172 Å². The summed E-state index contributed by atoms with van der Waals surface area (Å²) in [7, 11) is 0. The largest absolute Gasteiger partial charge is 0.462 e. The summed E-state index contributed by atoms with van der Waals surface area (Å²) in [6.07, 6.45) is 6.47. The zero-order valence-electron chi connectivity index (χ0n) is 17.4. The van der Waals surface area contributed by atoms with Crippen LogP contribution in [0.3, 0.4) is 0 Å². The highest BCUT2D eigenvalue weighted by Gasteiger charge is 2.23. The molecule has 0 saturated heterocycles. The van der Waals surface area contributed by atoms with Crippen molar-refractivity contribution in [2.45, 2.75) is 52.1 Å². The Bertz CT molecular complexity index is 838. The van der Waals surface area contributed by atoms with Gasteiger partial charge in [-0.1, -0.05) is 24.8 Å². The maximum absolute atomic E-state index is 12.6. The number of benzene rings is 1. The second kappa shape index (κ2) is 10.6. The summed E-state index contributed by atoms with van der Waals surface area (Å²) in [6, 6.07) is 10.8. The molecule has 2 aromatic rings. The van der Waals surface area contributed by atoms with E-state index in [9.17, 15) is 9.59 Å². The van der Waals surface area contributed by atoms with Crippen LogP contribution >= 0.6 is 0 Å². The average Bonchev–Trinajstić information content (AvgIpc) is 2.69. The predicted octanol–water partition coefficient (Wildman–Crippen LogP) is 5.25. The number of aryl methyl sites for hydroxylation is 1. The average molecular weight is 395 g/mol. The summed E-state index contributed by atoms with van der Waals surface area (Å²) in [5.41, 5.74) is 1.89. The van der Waals surface area contributed by atoms with E-state index >= 15 is 0 Å². The van der Waals surface area contributed by atoms with Gasteiger partial charge >= 0.3 is 11.9 Å². The van der Waals surface area contributed by atoms with Gasteiger partial charge in [-0.3, -0.25) is 4.98 Å². The molecule has 0 amide bonds. The zero-order valence-corrected chi connectivity index (χ0v) is 17.4. The van der Waals surface area contributed by atoms with Crippen LogP contribution in [-0.2, 0) is 15.9 Å². The number of hydrogen-bond acceptors (Lipinski definition) is 5. The topological polar surface area (TPSA) is 65.5 Å². The van der Waals surface area contributed by atoms with E-state index in [1.807, 2.05) is 45.0 Å². The third-order valence-electron chi connectivity index (χ3n) is 4.20. The Morgan fingerprint density at radius 1 is 1.03 bits per heavy atom. The van der Waals surface area contributed by atoms with Gasteiger partial charge in [-0.15, -0.1) is 0 Å². The van der Waals surface area contributed by atoms with Crippen LogP contribution in [0, 0.1) is 0 Å². The normalized spacial score (nSPS) is 11.0. The van der Waals surface area contributed by atoms with Crippen molar-refractivity contribution in [2.24, 2.45) is 0 Å². The molecule has 0 saturated carbocycles. The number of carbonyl (C=O) groups is 2. The molecule has 1 aromatic heterocycles. The fourth-order valence-electron chi connectivity index (χ4n) is 2.86. The SMILES string of the molecule is C=Cc1nccc(CCCCCOC(=O)c2ccccc2)c1C(=O)OC(C)(C)C. The molecule has 0 atom stereocenters. The number of rotatable bonds is 9. The van der Waals surface area contributed by atoms with Crippen molar-refractivity contribution in [3.05, 3.63) is 71.6 Å². The first-order valence-corrected chi connectivity index (χ1v) is 9.87. The summed E-state index contributed by atoms with van der Waals surface area (Å²) in [6.45, 7) is 9.65. The van der Waals surface area contributed by atoms with Gasteiger partial charge in [0.2, 0.25) is 0 Å². The second-order valence-corrected chi connectivity index (χ2v) is 7.75. The third kappa shape index (κ3) is 7.18. The van der Waals surface area contributed by atoms with E-state index in [0.717, 1.165) is 24.8 Å². The van der Waals surface area contributed by atoms with Gasteiger partial charge in [-0.05, 0) is 76.3 Å². The quantitative estimate of drug-likeness (QED) is 0.428. The lowest BCUT2D eigenvalue weighted by molar-refractivity contribution is 0.00672. The monoisotopic (exact) mass is 395 g/mol. The lowest BCUT2D eigenvalue weighted by Gasteiger charge is -2.21. The van der Waals surface area contributed by atoms with Crippen LogP contribution in [0.2, 0.25) is 0 Å². The first kappa shape index (κ1) is 22.3. The van der Waals surface area contributed by atoms with Crippen molar-refractivity contribution in [3.8, 4) is 0 Å². The fraction of sp³-hybridized carbons (Fsp3) is 0.375. The van der Waals surface area contributed by atoms with E-state index in [1.165, 1.54) is 0 Å². The van der Waals surface area contributed by atoms with Crippen LogP contribution < -0.4 is 0 Å². The van der Waals surface area contributed by atoms with Gasteiger partial charge < -0.3 is 9.47 Å². The first-order chi connectivity index (χ1) is 13.8. The number of ether oxygens (including phenoxy) is 2. The lowest BCUT2D eigenvalue weighted by atomic mass is 10.00.